The summed E-state index contributed by atoms with van der Waals surface area (Å²) in [5.41, 5.74) is 0. The zero-order valence-electron chi connectivity index (χ0n) is 5.96. The molecule has 0 saturated heterocycles. The van der Waals surface area contributed by atoms with E-state index in [2.05, 4.69) is 4.74 Å². The lowest BCUT2D eigenvalue weighted by molar-refractivity contribution is -0.144. The van der Waals surface area contributed by atoms with Crippen LogP contribution in [0.1, 0.15) is 13.3 Å². The zero-order chi connectivity index (χ0) is 8.43. The number of Topliss-reactive ketones (excluding diaryl/α,β-unsaturated/α-hetero) is 1. The van der Waals surface area contributed by atoms with Gasteiger partial charge in [-0.05, 0) is 6.08 Å². The fourth-order valence-electron chi connectivity index (χ4n) is 0.884. The van der Waals surface area contributed by atoms with Crippen molar-refractivity contribution in [2.45, 2.75) is 19.4 Å². The van der Waals surface area contributed by atoms with Gasteiger partial charge in [0.25, 0.3) is 0 Å². The van der Waals surface area contributed by atoms with E-state index in [0.29, 0.717) is 0 Å². The summed E-state index contributed by atoms with van der Waals surface area (Å²) in [7, 11) is 0. The summed E-state index contributed by atoms with van der Waals surface area (Å²) in [5.74, 6) is -1.92. The highest BCUT2D eigenvalue weighted by Gasteiger charge is 2.25. The molecule has 1 aliphatic rings. The number of ether oxygens (including phenoxy) is 1. The van der Waals surface area contributed by atoms with E-state index < -0.39 is 23.7 Å². The van der Waals surface area contributed by atoms with Crippen LogP contribution >= 0.6 is 0 Å². The zero-order valence-corrected chi connectivity index (χ0v) is 5.96. The highest BCUT2D eigenvalue weighted by atomic mass is 19.1. The maximum absolute atomic E-state index is 12.3. The first-order valence-corrected chi connectivity index (χ1v) is 3.17. The van der Waals surface area contributed by atoms with Crippen molar-refractivity contribution in [1.29, 1.82) is 0 Å². The molecule has 1 atom stereocenters. The molecule has 0 heterocycles. The number of carbonyl (C=O) groups excluding carboxylic acids is 2. The minimum Gasteiger partial charge on any atom is -0.458 e. The second-order valence-corrected chi connectivity index (χ2v) is 2.29. The fourth-order valence-corrected chi connectivity index (χ4v) is 0.884. The molecular formula is C7H7FO3. The van der Waals surface area contributed by atoms with E-state index in [0.717, 1.165) is 6.08 Å². The van der Waals surface area contributed by atoms with E-state index >= 15 is 0 Å². The first kappa shape index (κ1) is 7.91. The first-order chi connectivity index (χ1) is 5.09. The Morgan fingerprint density at radius 1 is 1.82 bits per heavy atom. The predicted molar refractivity (Wildman–Crippen MR) is 34.4 cm³/mol. The Kier molecular flexibility index (Phi) is 2.03. The molecule has 0 amide bonds. The summed E-state index contributed by atoms with van der Waals surface area (Å²) in [5, 5.41) is 0. The van der Waals surface area contributed by atoms with Gasteiger partial charge in [-0.2, -0.15) is 0 Å². The minimum atomic E-state index is -0.809. The summed E-state index contributed by atoms with van der Waals surface area (Å²) in [6.45, 7) is 1.22. The van der Waals surface area contributed by atoms with Gasteiger partial charge in [-0.1, -0.05) is 0 Å². The molecule has 0 aromatic heterocycles. The Hall–Kier alpha value is -1.19. The van der Waals surface area contributed by atoms with E-state index in [4.69, 9.17) is 0 Å². The van der Waals surface area contributed by atoms with Gasteiger partial charge in [-0.15, -0.1) is 0 Å². The van der Waals surface area contributed by atoms with Crippen molar-refractivity contribution in [3.05, 3.63) is 11.9 Å². The molecule has 0 spiro atoms. The second-order valence-electron chi connectivity index (χ2n) is 2.29. The Morgan fingerprint density at radius 2 is 2.45 bits per heavy atom. The second kappa shape index (κ2) is 2.82. The highest BCUT2D eigenvalue weighted by molar-refractivity contribution is 5.96. The minimum absolute atomic E-state index is 0.0641. The van der Waals surface area contributed by atoms with Crippen LogP contribution in [0.2, 0.25) is 0 Å². The van der Waals surface area contributed by atoms with E-state index in [9.17, 15) is 14.0 Å². The normalized spacial score (nSPS) is 23.3. The van der Waals surface area contributed by atoms with Crippen LogP contribution in [0.15, 0.2) is 11.9 Å². The smallest absolute Gasteiger partial charge is 0.303 e. The van der Waals surface area contributed by atoms with Crippen molar-refractivity contribution in [2.75, 3.05) is 0 Å². The van der Waals surface area contributed by atoms with Crippen LogP contribution in [0.25, 0.3) is 0 Å². The van der Waals surface area contributed by atoms with E-state index in [1.54, 1.807) is 0 Å². The number of halogens is 1. The van der Waals surface area contributed by atoms with Crippen LogP contribution in [0, 0.1) is 0 Å². The van der Waals surface area contributed by atoms with Gasteiger partial charge >= 0.3 is 5.97 Å². The van der Waals surface area contributed by atoms with Crippen LogP contribution in [0.4, 0.5) is 4.39 Å². The summed E-state index contributed by atoms with van der Waals surface area (Å²) < 4.78 is 16.9. The predicted octanol–water partition coefficient (Wildman–Crippen LogP) is 0.744. The topological polar surface area (TPSA) is 43.4 Å². The molecule has 0 unspecified atom stereocenters. The molecule has 0 aliphatic heterocycles. The van der Waals surface area contributed by atoms with E-state index in [1.165, 1.54) is 6.92 Å². The van der Waals surface area contributed by atoms with Crippen molar-refractivity contribution in [3.8, 4) is 0 Å². The lowest BCUT2D eigenvalue weighted by atomic mass is 10.3. The van der Waals surface area contributed by atoms with Crippen LogP contribution in [0.5, 0.6) is 0 Å². The lowest BCUT2D eigenvalue weighted by Crippen LogP contribution is -2.12. The summed E-state index contributed by atoms with van der Waals surface area (Å²) >= 11 is 0. The van der Waals surface area contributed by atoms with Gasteiger partial charge in [0.05, 0.1) is 6.42 Å². The maximum Gasteiger partial charge on any atom is 0.303 e. The molecule has 0 radical (unpaired) electrons. The van der Waals surface area contributed by atoms with Gasteiger partial charge in [0, 0.05) is 6.92 Å². The van der Waals surface area contributed by atoms with Crippen molar-refractivity contribution < 1.29 is 18.7 Å². The SMILES string of the molecule is CC(=O)O[C@H]1C=C(F)C(=O)C1. The number of hydrogen-bond donors (Lipinski definition) is 0. The molecule has 11 heavy (non-hydrogen) atoms. The number of carbonyl (C=O) groups is 2. The van der Waals surface area contributed by atoms with Crippen molar-refractivity contribution in [3.63, 3.8) is 0 Å². The molecule has 0 aromatic rings. The Labute approximate surface area is 62.8 Å². The maximum atomic E-state index is 12.3. The fraction of sp³-hybridized carbons (Fsp3) is 0.429. The number of allylic oxidation sites excluding steroid dienone is 1. The lowest BCUT2D eigenvalue weighted by Gasteiger charge is -2.04. The number of esters is 1. The summed E-state index contributed by atoms with van der Waals surface area (Å²) in [4.78, 5) is 20.9. The largest absolute Gasteiger partial charge is 0.458 e. The van der Waals surface area contributed by atoms with Gasteiger partial charge in [0.1, 0.15) is 6.10 Å². The molecule has 0 saturated carbocycles. The molecule has 60 valence electrons. The summed E-state index contributed by atoms with van der Waals surface area (Å²) in [6.07, 6.45) is 0.259. The Bertz CT molecular complexity index is 232. The molecule has 0 bridgehead atoms. The third kappa shape index (κ3) is 1.86. The third-order valence-corrected chi connectivity index (χ3v) is 1.30. The van der Waals surface area contributed by atoms with Gasteiger partial charge < -0.3 is 4.74 Å². The first-order valence-electron chi connectivity index (χ1n) is 3.17. The van der Waals surface area contributed by atoms with Crippen LogP contribution in [-0.2, 0) is 14.3 Å². The van der Waals surface area contributed by atoms with Crippen LogP contribution in [-0.4, -0.2) is 17.9 Å². The van der Waals surface area contributed by atoms with Gasteiger partial charge in [0.15, 0.2) is 11.6 Å². The van der Waals surface area contributed by atoms with Crippen LogP contribution in [0.3, 0.4) is 0 Å². The highest BCUT2D eigenvalue weighted by Crippen LogP contribution is 2.18. The molecule has 0 fully saturated rings. The van der Waals surface area contributed by atoms with Crippen molar-refractivity contribution >= 4 is 11.8 Å². The Balaban J connectivity index is 2.54. The Morgan fingerprint density at radius 3 is 2.82 bits per heavy atom. The molecule has 4 heteroatoms. The van der Waals surface area contributed by atoms with Gasteiger partial charge in [0.2, 0.25) is 0 Å². The average Bonchev–Trinajstić information content (AvgIpc) is 2.10. The number of ketones is 1. The van der Waals surface area contributed by atoms with E-state index in [1.807, 2.05) is 0 Å². The molecule has 0 N–H and O–H groups in total. The van der Waals surface area contributed by atoms with Gasteiger partial charge in [-0.3, -0.25) is 9.59 Å². The van der Waals surface area contributed by atoms with Gasteiger partial charge in [-0.25, -0.2) is 4.39 Å². The third-order valence-electron chi connectivity index (χ3n) is 1.30. The summed E-state index contributed by atoms with van der Waals surface area (Å²) in [6, 6.07) is 0. The average molecular weight is 158 g/mol. The molecule has 1 aliphatic carbocycles. The van der Waals surface area contributed by atoms with Crippen molar-refractivity contribution in [2.24, 2.45) is 0 Å². The molecular weight excluding hydrogens is 151 g/mol. The molecule has 1 rings (SSSR count). The molecule has 3 nitrogen and oxygen atoms in total. The number of rotatable bonds is 1. The monoisotopic (exact) mass is 158 g/mol. The number of hydrogen-bond acceptors (Lipinski definition) is 3. The quantitative estimate of drug-likeness (QED) is 0.529. The van der Waals surface area contributed by atoms with E-state index in [-0.39, 0.29) is 6.42 Å². The molecule has 0 aromatic carbocycles. The van der Waals surface area contributed by atoms with Crippen LogP contribution < -0.4 is 0 Å². The van der Waals surface area contributed by atoms with Crippen molar-refractivity contribution in [1.82, 2.24) is 0 Å². The standard InChI is InChI=1S/C7H7FO3/c1-4(9)11-5-2-6(8)7(10)3-5/h2,5H,3H2,1H3/t5-/m0/s1.